The summed E-state index contributed by atoms with van der Waals surface area (Å²) < 4.78 is 17.1. The molecule has 0 atom stereocenters. The summed E-state index contributed by atoms with van der Waals surface area (Å²) in [4.78, 5) is 20.8. The normalized spacial score (nSPS) is 9.67. The molecule has 0 saturated carbocycles. The van der Waals surface area contributed by atoms with Gasteiger partial charge >= 0.3 is 0 Å². The fraction of sp³-hybridized carbons (Fsp3) is 0.133. The number of phenols is 1. The minimum Gasteiger partial charge on any atom is -0.507 e. The molecule has 9 heteroatoms. The Morgan fingerprint density at radius 3 is 1.62 bits per heavy atom. The minimum atomic E-state index is 0.144. The van der Waals surface area contributed by atoms with E-state index < -0.39 is 0 Å². The molecule has 0 aliphatic rings. The molecule has 0 amide bonds. The number of halogens is 3. The van der Waals surface area contributed by atoms with Crippen LogP contribution in [-0.2, 0) is 11.9 Å². The van der Waals surface area contributed by atoms with E-state index in [-0.39, 0.29) is 5.75 Å². The standard InChI is InChI=1S/C15H13BrO3.C8H9BrO.C7H5BrO2/c1-18-13-5-2-11(3-6-13)10-19-15-7-4-12(9-17)8-14(15)16;1-10-8-4-2-7(6-9)3-5-8;8-6-3-5(4-9)1-2-7(6)10/h2-9H,10H2,1H3;2-5H,6H2,1H3;1-4,10H. The summed E-state index contributed by atoms with van der Waals surface area (Å²) in [6.45, 7) is 0.461. The molecule has 0 fully saturated rings. The van der Waals surface area contributed by atoms with Gasteiger partial charge in [0.25, 0.3) is 0 Å². The van der Waals surface area contributed by atoms with Crippen molar-refractivity contribution in [1.82, 2.24) is 0 Å². The lowest BCUT2D eigenvalue weighted by atomic mass is 10.2. The average molecular weight is 723 g/mol. The van der Waals surface area contributed by atoms with Gasteiger partial charge in [-0.2, -0.15) is 0 Å². The topological polar surface area (TPSA) is 82.1 Å². The van der Waals surface area contributed by atoms with Crippen molar-refractivity contribution in [3.8, 4) is 23.0 Å². The summed E-state index contributed by atoms with van der Waals surface area (Å²) in [5, 5.41) is 9.88. The molecule has 0 heterocycles. The van der Waals surface area contributed by atoms with Crippen LogP contribution in [0.2, 0.25) is 0 Å². The zero-order valence-electron chi connectivity index (χ0n) is 21.3. The second kappa shape index (κ2) is 17.4. The molecule has 0 spiro atoms. The second-order valence-electron chi connectivity index (χ2n) is 7.75. The van der Waals surface area contributed by atoms with Gasteiger partial charge in [-0.15, -0.1) is 0 Å². The number of carbonyl (C=O) groups excluding carboxylic acids is 2. The Hall–Kier alpha value is -3.14. The molecular formula is C30H27Br3O6. The van der Waals surface area contributed by atoms with E-state index in [1.807, 2.05) is 48.5 Å². The third-order valence-electron chi connectivity index (χ3n) is 5.07. The molecule has 0 bridgehead atoms. The van der Waals surface area contributed by atoms with Gasteiger partial charge in [0.15, 0.2) is 0 Å². The summed E-state index contributed by atoms with van der Waals surface area (Å²) in [6, 6.07) is 25.5. The first-order valence-corrected chi connectivity index (χ1v) is 14.2. The van der Waals surface area contributed by atoms with Gasteiger partial charge in [-0.05, 0) is 104 Å². The molecule has 39 heavy (non-hydrogen) atoms. The SMILES string of the molecule is COc1ccc(CBr)cc1.COc1ccc(COc2ccc(C=O)cc2Br)cc1.O=Cc1ccc(O)c(Br)c1. The fourth-order valence-corrected chi connectivity index (χ4v) is 4.18. The Balaban J connectivity index is 0.000000225. The van der Waals surface area contributed by atoms with Crippen LogP contribution < -0.4 is 14.2 Å². The van der Waals surface area contributed by atoms with E-state index in [4.69, 9.17) is 19.3 Å². The number of hydrogen-bond donors (Lipinski definition) is 1. The monoisotopic (exact) mass is 720 g/mol. The maximum atomic E-state index is 10.6. The summed E-state index contributed by atoms with van der Waals surface area (Å²) in [6.07, 6.45) is 1.53. The van der Waals surface area contributed by atoms with E-state index in [2.05, 4.69) is 47.8 Å². The van der Waals surface area contributed by atoms with Crippen LogP contribution in [0, 0.1) is 0 Å². The number of rotatable bonds is 8. The van der Waals surface area contributed by atoms with Gasteiger partial charge in [0.05, 0.1) is 23.2 Å². The molecule has 0 radical (unpaired) electrons. The molecule has 0 aromatic heterocycles. The van der Waals surface area contributed by atoms with Gasteiger partial charge in [0.2, 0.25) is 0 Å². The van der Waals surface area contributed by atoms with E-state index in [0.29, 0.717) is 28.0 Å². The van der Waals surface area contributed by atoms with E-state index in [1.165, 1.54) is 11.6 Å². The molecule has 0 aliphatic heterocycles. The van der Waals surface area contributed by atoms with Crippen LogP contribution in [0.15, 0.2) is 93.9 Å². The maximum Gasteiger partial charge on any atom is 0.150 e. The number of hydrogen-bond acceptors (Lipinski definition) is 6. The van der Waals surface area contributed by atoms with Gasteiger partial charge in [-0.3, -0.25) is 9.59 Å². The lowest BCUT2D eigenvalue weighted by molar-refractivity contribution is 0.111. The second-order valence-corrected chi connectivity index (χ2v) is 10.0. The largest absolute Gasteiger partial charge is 0.507 e. The van der Waals surface area contributed by atoms with Crippen molar-refractivity contribution in [2.45, 2.75) is 11.9 Å². The number of phenolic OH excluding ortho intramolecular Hbond substituents is 1. The smallest absolute Gasteiger partial charge is 0.150 e. The van der Waals surface area contributed by atoms with Crippen molar-refractivity contribution in [2.75, 3.05) is 14.2 Å². The molecule has 0 aliphatic carbocycles. The van der Waals surface area contributed by atoms with Crippen LogP contribution in [0.5, 0.6) is 23.0 Å². The van der Waals surface area contributed by atoms with Crippen LogP contribution in [0.25, 0.3) is 0 Å². The van der Waals surface area contributed by atoms with Gasteiger partial charge in [-0.25, -0.2) is 0 Å². The Labute approximate surface area is 253 Å². The Morgan fingerprint density at radius 1 is 0.692 bits per heavy atom. The highest BCUT2D eigenvalue weighted by Gasteiger charge is 2.03. The summed E-state index contributed by atoms with van der Waals surface area (Å²) in [5.74, 6) is 2.58. The van der Waals surface area contributed by atoms with Gasteiger partial charge in [0.1, 0.15) is 42.2 Å². The molecule has 0 saturated heterocycles. The molecule has 4 aromatic carbocycles. The molecule has 6 nitrogen and oxygen atoms in total. The number of ether oxygens (including phenoxy) is 3. The van der Waals surface area contributed by atoms with Crippen LogP contribution in [-0.4, -0.2) is 31.9 Å². The van der Waals surface area contributed by atoms with Gasteiger partial charge in [0, 0.05) is 16.5 Å². The summed E-state index contributed by atoms with van der Waals surface area (Å²) in [5.41, 5.74) is 3.47. The third kappa shape index (κ3) is 11.2. The van der Waals surface area contributed by atoms with Crippen molar-refractivity contribution in [2.24, 2.45) is 0 Å². The van der Waals surface area contributed by atoms with Crippen LogP contribution in [0.1, 0.15) is 31.8 Å². The number of aldehydes is 2. The van der Waals surface area contributed by atoms with E-state index in [0.717, 1.165) is 39.4 Å². The van der Waals surface area contributed by atoms with Crippen LogP contribution in [0.4, 0.5) is 0 Å². The molecular weight excluding hydrogens is 696 g/mol. The number of methoxy groups -OCH3 is 2. The number of benzene rings is 4. The van der Waals surface area contributed by atoms with E-state index >= 15 is 0 Å². The van der Waals surface area contributed by atoms with Gasteiger partial charge < -0.3 is 19.3 Å². The minimum absolute atomic E-state index is 0.144. The fourth-order valence-electron chi connectivity index (χ4n) is 2.90. The lowest BCUT2D eigenvalue weighted by Crippen LogP contribution is -1.96. The van der Waals surface area contributed by atoms with Crippen LogP contribution in [0.3, 0.4) is 0 Å². The zero-order chi connectivity index (χ0) is 28.6. The predicted molar refractivity (Wildman–Crippen MR) is 164 cm³/mol. The quantitative estimate of drug-likeness (QED) is 0.145. The van der Waals surface area contributed by atoms with Crippen molar-refractivity contribution in [1.29, 1.82) is 0 Å². The highest BCUT2D eigenvalue weighted by atomic mass is 79.9. The molecule has 0 unspecified atom stereocenters. The number of carbonyl (C=O) groups is 2. The Bertz CT molecular complexity index is 1300. The lowest BCUT2D eigenvalue weighted by Gasteiger charge is -2.09. The van der Waals surface area contributed by atoms with Crippen molar-refractivity contribution >= 4 is 60.4 Å². The van der Waals surface area contributed by atoms with Crippen molar-refractivity contribution in [3.63, 3.8) is 0 Å². The molecule has 1 N–H and O–H groups in total. The zero-order valence-corrected chi connectivity index (χ0v) is 26.0. The molecule has 204 valence electrons. The van der Waals surface area contributed by atoms with E-state index in [9.17, 15) is 9.59 Å². The van der Waals surface area contributed by atoms with Gasteiger partial charge in [-0.1, -0.05) is 40.2 Å². The third-order valence-corrected chi connectivity index (χ3v) is 6.97. The average Bonchev–Trinajstić information content (AvgIpc) is 2.98. The molecule has 4 aromatic rings. The number of alkyl halides is 1. The highest BCUT2D eigenvalue weighted by Crippen LogP contribution is 2.26. The summed E-state index contributed by atoms with van der Waals surface area (Å²) >= 11 is 9.82. The predicted octanol–water partition coefficient (Wildman–Crippen LogP) is 8.41. The van der Waals surface area contributed by atoms with Crippen molar-refractivity contribution in [3.05, 3.63) is 116 Å². The Morgan fingerprint density at radius 2 is 1.18 bits per heavy atom. The number of aromatic hydroxyl groups is 1. The Kier molecular flexibility index (Phi) is 14.3. The summed E-state index contributed by atoms with van der Waals surface area (Å²) in [7, 11) is 3.31. The maximum absolute atomic E-state index is 10.6. The van der Waals surface area contributed by atoms with E-state index in [1.54, 1.807) is 44.6 Å². The first kappa shape index (κ1) is 32.1. The first-order valence-electron chi connectivity index (χ1n) is 11.5. The van der Waals surface area contributed by atoms with Crippen molar-refractivity contribution < 1.29 is 28.9 Å². The first-order chi connectivity index (χ1) is 18.8. The highest BCUT2D eigenvalue weighted by molar-refractivity contribution is 9.11. The molecule has 4 rings (SSSR count). The van der Waals surface area contributed by atoms with Crippen LogP contribution >= 0.6 is 47.8 Å².